The molecule has 2 aromatic carbocycles. The Hall–Kier alpha value is -2.01. The van der Waals surface area contributed by atoms with Crippen molar-refractivity contribution in [2.45, 2.75) is 19.8 Å². The highest BCUT2D eigenvalue weighted by Crippen LogP contribution is 2.23. The van der Waals surface area contributed by atoms with E-state index in [9.17, 15) is 4.79 Å². The van der Waals surface area contributed by atoms with Crippen LogP contribution in [0.5, 0.6) is 5.75 Å². The van der Waals surface area contributed by atoms with Gasteiger partial charge in [0.2, 0.25) is 0 Å². The van der Waals surface area contributed by atoms with E-state index in [4.69, 9.17) is 4.74 Å². The van der Waals surface area contributed by atoms with Crippen molar-refractivity contribution in [3.8, 4) is 5.75 Å². The van der Waals surface area contributed by atoms with Crippen LogP contribution < -0.4 is 15.4 Å². The summed E-state index contributed by atoms with van der Waals surface area (Å²) in [5.41, 5.74) is 1.96. The van der Waals surface area contributed by atoms with Gasteiger partial charge >= 0.3 is 6.03 Å². The molecule has 0 aliphatic heterocycles. The van der Waals surface area contributed by atoms with E-state index in [1.54, 1.807) is 0 Å². The van der Waals surface area contributed by atoms with Gasteiger partial charge in [0, 0.05) is 10.2 Å². The molecule has 0 radical (unpaired) electrons. The summed E-state index contributed by atoms with van der Waals surface area (Å²) < 4.78 is 6.57. The maximum absolute atomic E-state index is 12.0. The minimum Gasteiger partial charge on any atom is -0.492 e. The second-order valence-corrected chi connectivity index (χ2v) is 6.34. The molecule has 0 fully saturated rings. The molecule has 0 aliphatic carbocycles. The maximum atomic E-state index is 12.0. The Balaban J connectivity index is 1.76. The summed E-state index contributed by atoms with van der Waals surface area (Å²) in [7, 11) is 0. The molecular weight excluding hydrogens is 356 g/mol. The minimum atomic E-state index is -0.225. The van der Waals surface area contributed by atoms with Crippen LogP contribution >= 0.6 is 15.9 Å². The van der Waals surface area contributed by atoms with E-state index in [-0.39, 0.29) is 6.03 Å². The van der Waals surface area contributed by atoms with Crippen molar-refractivity contribution in [1.29, 1.82) is 0 Å². The predicted molar refractivity (Wildman–Crippen MR) is 97.2 cm³/mol. The lowest BCUT2D eigenvalue weighted by Crippen LogP contribution is -2.32. The lowest BCUT2D eigenvalue weighted by Gasteiger charge is -2.14. The monoisotopic (exact) mass is 376 g/mol. The van der Waals surface area contributed by atoms with E-state index in [0.29, 0.717) is 19.1 Å². The number of halogens is 1. The Morgan fingerprint density at radius 3 is 2.52 bits per heavy atom. The van der Waals surface area contributed by atoms with Crippen LogP contribution in [0.3, 0.4) is 0 Å². The molecule has 0 aromatic heterocycles. The Labute approximate surface area is 145 Å². The van der Waals surface area contributed by atoms with Crippen molar-refractivity contribution in [2.75, 3.05) is 18.5 Å². The average molecular weight is 377 g/mol. The van der Waals surface area contributed by atoms with E-state index in [0.717, 1.165) is 21.5 Å². The molecule has 0 unspecified atom stereocenters. The van der Waals surface area contributed by atoms with Gasteiger partial charge in [-0.3, -0.25) is 0 Å². The fourth-order valence-electron chi connectivity index (χ4n) is 2.15. The topological polar surface area (TPSA) is 50.4 Å². The normalized spacial score (nSPS) is 10.4. The van der Waals surface area contributed by atoms with Crippen LogP contribution in [0.1, 0.15) is 25.3 Å². The molecule has 122 valence electrons. The molecule has 2 amide bonds. The van der Waals surface area contributed by atoms with Gasteiger partial charge in [-0.15, -0.1) is 0 Å². The maximum Gasteiger partial charge on any atom is 0.319 e. The van der Waals surface area contributed by atoms with Crippen molar-refractivity contribution in [2.24, 2.45) is 0 Å². The van der Waals surface area contributed by atoms with E-state index < -0.39 is 0 Å². The quantitative estimate of drug-likeness (QED) is 0.713. The number of ether oxygens (including phenoxy) is 1. The second-order valence-electron chi connectivity index (χ2n) is 5.43. The van der Waals surface area contributed by atoms with Gasteiger partial charge in [-0.25, -0.2) is 4.79 Å². The number of hydrogen-bond acceptors (Lipinski definition) is 2. The van der Waals surface area contributed by atoms with Gasteiger partial charge in [-0.05, 0) is 41.8 Å². The Morgan fingerprint density at radius 1 is 1.13 bits per heavy atom. The van der Waals surface area contributed by atoms with Crippen molar-refractivity contribution in [1.82, 2.24) is 5.32 Å². The van der Waals surface area contributed by atoms with Crippen LogP contribution in [0.25, 0.3) is 0 Å². The van der Waals surface area contributed by atoms with Gasteiger partial charge in [-0.1, -0.05) is 48.0 Å². The lowest BCUT2D eigenvalue weighted by atomic mass is 10.0. The standard InChI is InChI=1S/C18H21BrN2O2/c1-13(2)16-5-3-4-6-17(16)21-18(22)20-11-12-23-15-9-7-14(19)8-10-15/h3-10,13H,11-12H2,1-2H3,(H2,20,21,22). The fourth-order valence-corrected chi connectivity index (χ4v) is 2.41. The van der Waals surface area contributed by atoms with Crippen molar-refractivity contribution in [3.63, 3.8) is 0 Å². The highest BCUT2D eigenvalue weighted by atomic mass is 79.9. The minimum absolute atomic E-state index is 0.225. The third-order valence-corrected chi connectivity index (χ3v) is 3.83. The summed E-state index contributed by atoms with van der Waals surface area (Å²) in [6, 6.07) is 15.2. The van der Waals surface area contributed by atoms with Crippen LogP contribution in [0.4, 0.5) is 10.5 Å². The molecule has 2 N–H and O–H groups in total. The molecule has 0 spiro atoms. The molecule has 2 aromatic rings. The number of benzene rings is 2. The molecule has 0 atom stereocenters. The van der Waals surface area contributed by atoms with Gasteiger partial charge in [0.15, 0.2) is 0 Å². The van der Waals surface area contributed by atoms with Gasteiger partial charge in [0.1, 0.15) is 12.4 Å². The zero-order valence-corrected chi connectivity index (χ0v) is 14.9. The molecule has 0 saturated carbocycles. The largest absolute Gasteiger partial charge is 0.492 e. The zero-order chi connectivity index (χ0) is 16.7. The SMILES string of the molecule is CC(C)c1ccccc1NC(=O)NCCOc1ccc(Br)cc1. The number of rotatable bonds is 6. The van der Waals surface area contributed by atoms with Gasteiger partial charge in [-0.2, -0.15) is 0 Å². The first kappa shape index (κ1) is 17.3. The molecule has 0 heterocycles. The molecule has 5 heteroatoms. The number of carbonyl (C=O) groups excluding carboxylic acids is 1. The highest BCUT2D eigenvalue weighted by Gasteiger charge is 2.08. The number of carbonyl (C=O) groups is 1. The van der Waals surface area contributed by atoms with Gasteiger partial charge < -0.3 is 15.4 Å². The smallest absolute Gasteiger partial charge is 0.319 e. The number of urea groups is 1. The molecule has 23 heavy (non-hydrogen) atoms. The highest BCUT2D eigenvalue weighted by molar-refractivity contribution is 9.10. The van der Waals surface area contributed by atoms with Crippen LogP contribution in [0.2, 0.25) is 0 Å². The van der Waals surface area contributed by atoms with Crippen LogP contribution in [-0.2, 0) is 0 Å². The molecule has 0 aliphatic rings. The van der Waals surface area contributed by atoms with E-state index >= 15 is 0 Å². The van der Waals surface area contributed by atoms with Crippen LogP contribution in [-0.4, -0.2) is 19.2 Å². The van der Waals surface area contributed by atoms with Gasteiger partial charge in [0.05, 0.1) is 6.54 Å². The predicted octanol–water partition coefficient (Wildman–Crippen LogP) is 4.77. The number of amides is 2. The summed E-state index contributed by atoms with van der Waals surface area (Å²) in [5.74, 6) is 1.13. The second kappa shape index (κ2) is 8.58. The number of nitrogens with one attached hydrogen (secondary N) is 2. The summed E-state index contributed by atoms with van der Waals surface area (Å²) >= 11 is 3.37. The third-order valence-electron chi connectivity index (χ3n) is 3.30. The Bertz CT molecular complexity index is 642. The zero-order valence-electron chi connectivity index (χ0n) is 13.3. The first-order chi connectivity index (χ1) is 11.1. The Morgan fingerprint density at radius 2 is 1.83 bits per heavy atom. The molecule has 2 rings (SSSR count). The number of anilines is 1. The summed E-state index contributed by atoms with van der Waals surface area (Å²) in [6.45, 7) is 5.06. The van der Waals surface area contributed by atoms with Crippen LogP contribution in [0.15, 0.2) is 53.0 Å². The van der Waals surface area contributed by atoms with Crippen molar-refractivity contribution >= 4 is 27.6 Å². The van der Waals surface area contributed by atoms with E-state index in [1.807, 2.05) is 48.5 Å². The fraction of sp³-hybridized carbons (Fsp3) is 0.278. The molecule has 0 bridgehead atoms. The summed E-state index contributed by atoms with van der Waals surface area (Å²) in [6.07, 6.45) is 0. The third kappa shape index (κ3) is 5.60. The first-order valence-electron chi connectivity index (χ1n) is 7.58. The summed E-state index contributed by atoms with van der Waals surface area (Å²) in [5, 5.41) is 5.68. The molecule has 0 saturated heterocycles. The van der Waals surface area contributed by atoms with E-state index in [2.05, 4.69) is 40.4 Å². The summed E-state index contributed by atoms with van der Waals surface area (Å²) in [4.78, 5) is 12.0. The molecule has 4 nitrogen and oxygen atoms in total. The van der Waals surface area contributed by atoms with Crippen LogP contribution in [0, 0.1) is 0 Å². The number of hydrogen-bond donors (Lipinski definition) is 2. The van der Waals surface area contributed by atoms with Crippen molar-refractivity contribution in [3.05, 3.63) is 58.6 Å². The number of para-hydroxylation sites is 1. The van der Waals surface area contributed by atoms with Gasteiger partial charge in [0.25, 0.3) is 0 Å². The van der Waals surface area contributed by atoms with Crippen molar-refractivity contribution < 1.29 is 9.53 Å². The molecular formula is C18H21BrN2O2. The first-order valence-corrected chi connectivity index (χ1v) is 8.37. The van der Waals surface area contributed by atoms with E-state index in [1.165, 1.54) is 0 Å². The lowest BCUT2D eigenvalue weighted by molar-refractivity contribution is 0.247. The average Bonchev–Trinajstić information content (AvgIpc) is 2.53. The Kier molecular flexibility index (Phi) is 6.47.